The average Bonchev–Trinajstić information content (AvgIpc) is 3.57. The highest BCUT2D eigenvalue weighted by Crippen LogP contribution is 2.38. The molecular weight excluding hydrogens is 472 g/mol. The van der Waals surface area contributed by atoms with E-state index in [-0.39, 0.29) is 36.4 Å². The largest absolute Gasteiger partial charge is 0.495 e. The van der Waals surface area contributed by atoms with Crippen LogP contribution in [-0.2, 0) is 25.4 Å². The first kappa shape index (κ1) is 25.5. The molecule has 35 heavy (non-hydrogen) atoms. The van der Waals surface area contributed by atoms with Gasteiger partial charge in [-0.15, -0.1) is 0 Å². The van der Waals surface area contributed by atoms with Gasteiger partial charge in [-0.1, -0.05) is 35.4 Å². The monoisotopic (exact) mass is 504 g/mol. The Morgan fingerprint density at radius 1 is 1.17 bits per heavy atom. The van der Waals surface area contributed by atoms with E-state index in [2.05, 4.69) is 5.32 Å². The molecule has 3 aliphatic heterocycles. The quantitative estimate of drug-likeness (QED) is 0.607. The summed E-state index contributed by atoms with van der Waals surface area (Å²) in [5, 5.41) is 3.28. The summed E-state index contributed by atoms with van der Waals surface area (Å²) in [6, 6.07) is 3.63. The highest BCUT2D eigenvalue weighted by atomic mass is 35.5. The van der Waals surface area contributed by atoms with Crippen LogP contribution < -0.4 is 15.0 Å². The van der Waals surface area contributed by atoms with Crippen LogP contribution in [0.5, 0.6) is 5.75 Å². The molecule has 2 amide bonds. The van der Waals surface area contributed by atoms with Gasteiger partial charge in [0.1, 0.15) is 16.9 Å². The summed E-state index contributed by atoms with van der Waals surface area (Å²) in [5.41, 5.74) is 2.70. The summed E-state index contributed by atoms with van der Waals surface area (Å²) in [6.07, 6.45) is 7.64. The molecule has 4 bridgehead atoms. The zero-order valence-electron chi connectivity index (χ0n) is 20.6. The molecule has 0 aromatic heterocycles. The van der Waals surface area contributed by atoms with E-state index in [9.17, 15) is 9.59 Å². The Bertz CT molecular complexity index is 1030. The number of fused-ring (bicyclic) bond motifs is 5. The molecule has 3 aliphatic rings. The van der Waals surface area contributed by atoms with Gasteiger partial charge in [0, 0.05) is 33.4 Å². The molecule has 190 valence electrons. The lowest BCUT2D eigenvalue weighted by atomic mass is 9.97. The van der Waals surface area contributed by atoms with Crippen molar-refractivity contribution in [1.82, 2.24) is 5.32 Å². The van der Waals surface area contributed by atoms with Gasteiger partial charge in [-0.2, -0.15) is 0 Å². The maximum Gasteiger partial charge on any atom is 0.407 e. The van der Waals surface area contributed by atoms with E-state index >= 15 is 0 Å². The lowest BCUT2D eigenvalue weighted by Gasteiger charge is -2.33. The topological polar surface area (TPSA) is 89.6 Å². The van der Waals surface area contributed by atoms with Crippen LogP contribution in [-0.4, -0.2) is 63.7 Å². The molecule has 5 atom stereocenters. The molecule has 4 rings (SSSR count). The van der Waals surface area contributed by atoms with E-state index in [0.29, 0.717) is 48.6 Å². The minimum atomic E-state index is -0.446. The number of ether oxygens (including phenoxy) is 4. The Morgan fingerprint density at radius 3 is 2.71 bits per heavy atom. The molecule has 3 heterocycles. The number of nitrogens with zero attached hydrogens (tertiary/aromatic N) is 1. The van der Waals surface area contributed by atoms with Crippen molar-refractivity contribution in [2.45, 2.75) is 69.5 Å². The number of hydrogen-bond acceptors (Lipinski definition) is 6. The summed E-state index contributed by atoms with van der Waals surface area (Å²) in [4.78, 5) is 26.7. The third-order valence-electron chi connectivity index (χ3n) is 6.79. The van der Waals surface area contributed by atoms with Gasteiger partial charge >= 0.3 is 6.09 Å². The van der Waals surface area contributed by atoms with Crippen LogP contribution in [0, 0.1) is 0 Å². The standard InChI is InChI=1S/C26H33ClN2O6/c1-15-6-5-7-20(32-3)18-13-17(34-26(31)28-18)14-22-21(35-22)8-9-24(30)29(2)19-11-16(10-15)12-23(33-4)25(19)27/h5-7,11-12,17-18,20-22H,8-10,13-14H2,1-4H3,(H,28,31)/b7-5+,15-6+. The van der Waals surface area contributed by atoms with E-state index in [1.54, 1.807) is 26.2 Å². The number of rotatable bonds is 2. The Morgan fingerprint density at radius 2 is 1.97 bits per heavy atom. The van der Waals surface area contributed by atoms with Gasteiger partial charge in [0.15, 0.2) is 0 Å². The first-order chi connectivity index (χ1) is 16.8. The number of amides is 2. The van der Waals surface area contributed by atoms with Gasteiger partial charge in [0.2, 0.25) is 5.91 Å². The van der Waals surface area contributed by atoms with Crippen LogP contribution in [0.2, 0.25) is 5.02 Å². The molecule has 0 spiro atoms. The summed E-state index contributed by atoms with van der Waals surface area (Å²) in [5.74, 6) is 0.478. The third-order valence-corrected chi connectivity index (χ3v) is 7.17. The van der Waals surface area contributed by atoms with Crippen molar-refractivity contribution < 1.29 is 28.5 Å². The fraction of sp³-hybridized carbons (Fsp3) is 0.538. The van der Waals surface area contributed by atoms with E-state index in [1.165, 1.54) is 0 Å². The number of methoxy groups -OCH3 is 2. The van der Waals surface area contributed by atoms with Gasteiger partial charge in [-0.05, 0) is 37.5 Å². The molecule has 2 saturated heterocycles. The van der Waals surface area contributed by atoms with Gasteiger partial charge in [0.25, 0.3) is 0 Å². The number of anilines is 1. The van der Waals surface area contributed by atoms with Crippen LogP contribution in [0.3, 0.4) is 0 Å². The normalized spacial score (nSPS) is 32.0. The first-order valence-electron chi connectivity index (χ1n) is 11.9. The van der Waals surface area contributed by atoms with Crippen LogP contribution in [0.25, 0.3) is 0 Å². The fourth-order valence-electron chi connectivity index (χ4n) is 4.78. The van der Waals surface area contributed by atoms with Gasteiger partial charge in [-0.25, -0.2) is 4.79 Å². The SMILES string of the molecule is COc1cc2cc(c1Cl)N(C)C(=O)CCC1OC1CC1CC(NC(=O)O1)C(OC)/C=C/C=C(\C)C2. The lowest BCUT2D eigenvalue weighted by molar-refractivity contribution is -0.118. The number of epoxide rings is 1. The smallest absolute Gasteiger partial charge is 0.407 e. The Kier molecular flexibility index (Phi) is 8.04. The lowest BCUT2D eigenvalue weighted by Crippen LogP contribution is -2.51. The van der Waals surface area contributed by atoms with Gasteiger partial charge in [-0.3, -0.25) is 4.79 Å². The molecular formula is C26H33ClN2O6. The van der Waals surface area contributed by atoms with Gasteiger partial charge < -0.3 is 29.2 Å². The minimum absolute atomic E-state index is 0.0252. The molecule has 5 unspecified atom stereocenters. The van der Waals surface area contributed by atoms with Crippen LogP contribution in [0.1, 0.15) is 38.2 Å². The average molecular weight is 505 g/mol. The van der Waals surface area contributed by atoms with Crippen molar-refractivity contribution in [1.29, 1.82) is 0 Å². The number of benzene rings is 1. The number of allylic oxidation sites excluding steroid dienone is 3. The molecule has 9 heteroatoms. The van der Waals surface area contributed by atoms with Gasteiger partial charge in [0.05, 0.1) is 37.2 Å². The number of carbonyl (C=O) groups excluding carboxylic acids is 2. The van der Waals surface area contributed by atoms with Crippen LogP contribution in [0.4, 0.5) is 10.5 Å². The van der Waals surface area contributed by atoms with Crippen molar-refractivity contribution >= 4 is 29.3 Å². The van der Waals surface area contributed by atoms with E-state index in [4.69, 9.17) is 30.5 Å². The van der Waals surface area contributed by atoms with Crippen molar-refractivity contribution in [3.63, 3.8) is 0 Å². The molecule has 0 radical (unpaired) electrons. The molecule has 1 aromatic rings. The second-order valence-corrected chi connectivity index (χ2v) is 9.74. The molecule has 2 fully saturated rings. The third kappa shape index (κ3) is 6.18. The Labute approximate surface area is 211 Å². The predicted octanol–water partition coefficient (Wildman–Crippen LogP) is 4.19. The zero-order valence-corrected chi connectivity index (χ0v) is 21.3. The number of halogens is 1. The molecule has 0 aliphatic carbocycles. The minimum Gasteiger partial charge on any atom is -0.495 e. The zero-order chi connectivity index (χ0) is 25.1. The Balaban J connectivity index is 1.63. The summed E-state index contributed by atoms with van der Waals surface area (Å²) in [7, 11) is 4.93. The van der Waals surface area contributed by atoms with E-state index < -0.39 is 6.09 Å². The molecule has 8 nitrogen and oxygen atoms in total. The highest BCUT2D eigenvalue weighted by Gasteiger charge is 2.43. The maximum absolute atomic E-state index is 13.0. The Hall–Kier alpha value is -2.55. The van der Waals surface area contributed by atoms with E-state index in [1.807, 2.05) is 37.3 Å². The van der Waals surface area contributed by atoms with Crippen molar-refractivity contribution in [2.24, 2.45) is 0 Å². The number of alkyl carbamates (subject to hydrolysis) is 1. The van der Waals surface area contributed by atoms with Crippen LogP contribution >= 0.6 is 11.6 Å². The van der Waals surface area contributed by atoms with Crippen LogP contribution in [0.15, 0.2) is 35.9 Å². The second-order valence-electron chi connectivity index (χ2n) is 9.36. The van der Waals surface area contributed by atoms with Crippen molar-refractivity contribution in [3.8, 4) is 5.75 Å². The molecule has 0 saturated carbocycles. The number of carbonyl (C=O) groups is 2. The first-order valence-corrected chi connectivity index (χ1v) is 12.3. The summed E-state index contributed by atoms with van der Waals surface area (Å²) < 4.78 is 22.4. The van der Waals surface area contributed by atoms with Crippen molar-refractivity contribution in [3.05, 3.63) is 46.5 Å². The van der Waals surface area contributed by atoms with E-state index in [0.717, 1.165) is 11.1 Å². The highest BCUT2D eigenvalue weighted by molar-refractivity contribution is 6.35. The number of hydrogen-bond donors (Lipinski definition) is 1. The fourth-order valence-corrected chi connectivity index (χ4v) is 5.09. The molecule has 1 N–H and O–H groups in total. The molecule has 1 aromatic carbocycles. The van der Waals surface area contributed by atoms with Crippen molar-refractivity contribution in [2.75, 3.05) is 26.2 Å². The summed E-state index contributed by atoms with van der Waals surface area (Å²) in [6.45, 7) is 2.03. The predicted molar refractivity (Wildman–Crippen MR) is 133 cm³/mol. The number of nitrogens with one attached hydrogen (secondary N) is 1. The second kappa shape index (κ2) is 11.0. The maximum atomic E-state index is 13.0. The summed E-state index contributed by atoms with van der Waals surface area (Å²) >= 11 is 6.57.